The van der Waals surface area contributed by atoms with Crippen molar-refractivity contribution in [2.75, 3.05) is 19.6 Å². The van der Waals surface area contributed by atoms with E-state index in [0.717, 1.165) is 12.0 Å². The standard InChI is InChI=1S/C17H32N2/c1-2-12-19-13-16(15-8-4-3-5-9-15)18-14-17(19)10-6-7-11-17/h15-16,18H,2-14H2,1H3. The first-order valence-electron chi connectivity index (χ1n) is 8.82. The highest BCUT2D eigenvalue weighted by Gasteiger charge is 2.44. The van der Waals surface area contributed by atoms with Gasteiger partial charge in [-0.1, -0.05) is 39.0 Å². The molecule has 1 heterocycles. The highest BCUT2D eigenvalue weighted by Crippen LogP contribution is 2.39. The first-order valence-corrected chi connectivity index (χ1v) is 8.82. The lowest BCUT2D eigenvalue weighted by atomic mass is 9.80. The topological polar surface area (TPSA) is 15.3 Å². The maximum atomic E-state index is 3.97. The number of hydrogen-bond acceptors (Lipinski definition) is 2. The van der Waals surface area contributed by atoms with Crippen LogP contribution < -0.4 is 5.32 Å². The van der Waals surface area contributed by atoms with Crippen molar-refractivity contribution in [3.8, 4) is 0 Å². The van der Waals surface area contributed by atoms with Gasteiger partial charge in [0, 0.05) is 24.7 Å². The molecule has 0 aromatic heterocycles. The fourth-order valence-corrected chi connectivity index (χ4v) is 4.91. The Hall–Kier alpha value is -0.0800. The van der Waals surface area contributed by atoms with Gasteiger partial charge in [-0.3, -0.25) is 4.90 Å². The molecule has 0 amide bonds. The smallest absolute Gasteiger partial charge is 0.0334 e. The maximum Gasteiger partial charge on any atom is 0.0334 e. The summed E-state index contributed by atoms with van der Waals surface area (Å²) in [4.78, 5) is 2.88. The van der Waals surface area contributed by atoms with Gasteiger partial charge in [-0.25, -0.2) is 0 Å². The maximum absolute atomic E-state index is 3.97. The minimum Gasteiger partial charge on any atom is -0.311 e. The van der Waals surface area contributed by atoms with Crippen LogP contribution in [0.25, 0.3) is 0 Å². The molecule has 3 fully saturated rings. The summed E-state index contributed by atoms with van der Waals surface area (Å²) in [6, 6.07) is 0.790. The molecule has 110 valence electrons. The van der Waals surface area contributed by atoms with Gasteiger partial charge in [-0.2, -0.15) is 0 Å². The quantitative estimate of drug-likeness (QED) is 0.838. The zero-order valence-corrected chi connectivity index (χ0v) is 12.8. The van der Waals surface area contributed by atoms with Gasteiger partial charge in [-0.05, 0) is 44.6 Å². The summed E-state index contributed by atoms with van der Waals surface area (Å²) in [5, 5.41) is 3.97. The largest absolute Gasteiger partial charge is 0.311 e. The van der Waals surface area contributed by atoms with Crippen molar-refractivity contribution in [1.82, 2.24) is 10.2 Å². The summed E-state index contributed by atoms with van der Waals surface area (Å²) in [6.07, 6.45) is 14.5. The van der Waals surface area contributed by atoms with Gasteiger partial charge in [0.25, 0.3) is 0 Å². The molecule has 1 saturated heterocycles. The third-order valence-electron chi connectivity index (χ3n) is 6.03. The Morgan fingerprint density at radius 2 is 1.79 bits per heavy atom. The lowest BCUT2D eigenvalue weighted by Gasteiger charge is -2.50. The second kappa shape index (κ2) is 6.13. The number of piperazine rings is 1. The summed E-state index contributed by atoms with van der Waals surface area (Å²) in [6.45, 7) is 6.28. The van der Waals surface area contributed by atoms with Gasteiger partial charge in [0.1, 0.15) is 0 Å². The third kappa shape index (κ3) is 2.85. The summed E-state index contributed by atoms with van der Waals surface area (Å²) >= 11 is 0. The van der Waals surface area contributed by atoms with Crippen molar-refractivity contribution >= 4 is 0 Å². The average molecular weight is 264 g/mol. The van der Waals surface area contributed by atoms with E-state index in [9.17, 15) is 0 Å². The minimum atomic E-state index is 0.543. The lowest BCUT2D eigenvalue weighted by Crippen LogP contribution is -2.65. The van der Waals surface area contributed by atoms with Crippen LogP contribution >= 0.6 is 0 Å². The van der Waals surface area contributed by atoms with E-state index < -0.39 is 0 Å². The first-order chi connectivity index (χ1) is 9.34. The molecule has 0 aromatic carbocycles. The number of nitrogens with one attached hydrogen (secondary N) is 1. The van der Waals surface area contributed by atoms with Crippen molar-refractivity contribution < 1.29 is 0 Å². The van der Waals surface area contributed by atoms with Gasteiger partial charge in [0.2, 0.25) is 0 Å². The van der Waals surface area contributed by atoms with Gasteiger partial charge in [0.15, 0.2) is 0 Å². The minimum absolute atomic E-state index is 0.543. The van der Waals surface area contributed by atoms with Gasteiger partial charge >= 0.3 is 0 Å². The van der Waals surface area contributed by atoms with E-state index in [-0.39, 0.29) is 0 Å². The van der Waals surface area contributed by atoms with E-state index in [1.165, 1.54) is 83.8 Å². The molecule has 0 bridgehead atoms. The molecule has 3 aliphatic rings. The van der Waals surface area contributed by atoms with Crippen molar-refractivity contribution in [3.05, 3.63) is 0 Å². The molecule has 2 nitrogen and oxygen atoms in total. The fourth-order valence-electron chi connectivity index (χ4n) is 4.91. The highest BCUT2D eigenvalue weighted by atomic mass is 15.3. The first kappa shape index (κ1) is 13.9. The molecule has 2 aliphatic carbocycles. The van der Waals surface area contributed by atoms with E-state index >= 15 is 0 Å². The molecule has 1 unspecified atom stereocenters. The predicted molar refractivity (Wildman–Crippen MR) is 81.4 cm³/mol. The van der Waals surface area contributed by atoms with Gasteiger partial charge in [-0.15, -0.1) is 0 Å². The SMILES string of the molecule is CCCN1CC(C2CCCCC2)NCC12CCCC2. The Morgan fingerprint density at radius 3 is 2.47 bits per heavy atom. The summed E-state index contributed by atoms with van der Waals surface area (Å²) in [5.41, 5.74) is 0.543. The van der Waals surface area contributed by atoms with Crippen LogP contribution in [0.15, 0.2) is 0 Å². The molecule has 19 heavy (non-hydrogen) atoms. The molecule has 1 spiro atoms. The Morgan fingerprint density at radius 1 is 1.05 bits per heavy atom. The Labute approximate surface area is 119 Å². The second-order valence-electron chi connectivity index (χ2n) is 7.26. The Balaban J connectivity index is 1.64. The van der Waals surface area contributed by atoms with Crippen molar-refractivity contribution in [3.63, 3.8) is 0 Å². The molecule has 1 N–H and O–H groups in total. The van der Waals surface area contributed by atoms with E-state index in [1.54, 1.807) is 0 Å². The van der Waals surface area contributed by atoms with Crippen molar-refractivity contribution in [1.29, 1.82) is 0 Å². The van der Waals surface area contributed by atoms with Crippen LogP contribution in [0.3, 0.4) is 0 Å². The Bertz CT molecular complexity index is 277. The average Bonchev–Trinajstić information content (AvgIpc) is 2.92. The van der Waals surface area contributed by atoms with E-state index in [2.05, 4.69) is 17.1 Å². The normalized spacial score (nSPS) is 33.0. The van der Waals surface area contributed by atoms with Crippen LogP contribution in [0.5, 0.6) is 0 Å². The lowest BCUT2D eigenvalue weighted by molar-refractivity contribution is 0.0245. The van der Waals surface area contributed by atoms with Crippen LogP contribution in [0.2, 0.25) is 0 Å². The summed E-state index contributed by atoms with van der Waals surface area (Å²) < 4.78 is 0. The van der Waals surface area contributed by atoms with Crippen molar-refractivity contribution in [2.45, 2.75) is 82.7 Å². The zero-order valence-electron chi connectivity index (χ0n) is 12.8. The van der Waals surface area contributed by atoms with Crippen LogP contribution in [-0.2, 0) is 0 Å². The number of rotatable bonds is 3. The van der Waals surface area contributed by atoms with Gasteiger partial charge in [0.05, 0.1) is 0 Å². The summed E-state index contributed by atoms with van der Waals surface area (Å²) in [5.74, 6) is 0.965. The molecule has 0 radical (unpaired) electrons. The molecule has 3 rings (SSSR count). The highest BCUT2D eigenvalue weighted by molar-refractivity contribution is 5.02. The molecular weight excluding hydrogens is 232 g/mol. The molecule has 1 atom stereocenters. The van der Waals surface area contributed by atoms with Crippen LogP contribution in [0.1, 0.15) is 71.1 Å². The van der Waals surface area contributed by atoms with E-state index in [0.29, 0.717) is 5.54 Å². The third-order valence-corrected chi connectivity index (χ3v) is 6.03. The zero-order chi connectivity index (χ0) is 13.1. The van der Waals surface area contributed by atoms with Gasteiger partial charge < -0.3 is 5.32 Å². The molecule has 2 saturated carbocycles. The van der Waals surface area contributed by atoms with Crippen molar-refractivity contribution in [2.24, 2.45) is 5.92 Å². The van der Waals surface area contributed by atoms with E-state index in [4.69, 9.17) is 0 Å². The number of nitrogens with zero attached hydrogens (tertiary/aromatic N) is 1. The molecule has 0 aromatic rings. The molecule has 1 aliphatic heterocycles. The Kier molecular flexibility index (Phi) is 4.48. The summed E-state index contributed by atoms with van der Waals surface area (Å²) in [7, 11) is 0. The molecular formula is C17H32N2. The monoisotopic (exact) mass is 264 g/mol. The predicted octanol–water partition coefficient (Wildman–Crippen LogP) is 3.56. The van der Waals surface area contributed by atoms with Crippen LogP contribution in [0.4, 0.5) is 0 Å². The molecule has 2 heteroatoms. The van der Waals surface area contributed by atoms with E-state index in [1.807, 2.05) is 0 Å². The second-order valence-corrected chi connectivity index (χ2v) is 7.26. The van der Waals surface area contributed by atoms with Crippen LogP contribution in [0, 0.1) is 5.92 Å². The number of hydrogen-bond donors (Lipinski definition) is 1. The fraction of sp³-hybridized carbons (Fsp3) is 1.00. The van der Waals surface area contributed by atoms with Crippen LogP contribution in [-0.4, -0.2) is 36.1 Å².